The Morgan fingerprint density at radius 1 is 1.29 bits per heavy atom. The summed E-state index contributed by atoms with van der Waals surface area (Å²) in [7, 11) is 1.99. The van der Waals surface area contributed by atoms with E-state index in [4.69, 9.17) is 0 Å². The smallest absolute Gasteiger partial charge is 0.138 e. The minimum Gasteiger partial charge on any atom is -0.340 e. The molecule has 2 aromatic heterocycles. The molecule has 1 unspecified atom stereocenters. The van der Waals surface area contributed by atoms with Gasteiger partial charge < -0.3 is 9.88 Å². The molecule has 0 radical (unpaired) electrons. The summed E-state index contributed by atoms with van der Waals surface area (Å²) in [6.45, 7) is 8.43. The first-order valence-corrected chi connectivity index (χ1v) is 7.68. The van der Waals surface area contributed by atoms with Crippen LogP contribution < -0.4 is 5.32 Å². The number of rotatable bonds is 8. The van der Waals surface area contributed by atoms with E-state index in [2.05, 4.69) is 47.4 Å². The zero-order chi connectivity index (χ0) is 15.2. The third kappa shape index (κ3) is 4.39. The minimum absolute atomic E-state index is 0.182. The molecule has 0 aromatic carbocycles. The number of aromatic nitrogens is 5. The molecule has 0 fully saturated rings. The molecule has 0 aliphatic heterocycles. The highest BCUT2D eigenvalue weighted by molar-refractivity contribution is 5.07. The summed E-state index contributed by atoms with van der Waals surface area (Å²) in [6.07, 6.45) is 7.46. The van der Waals surface area contributed by atoms with Gasteiger partial charge in [0.05, 0.1) is 18.1 Å². The molecular weight excluding hydrogens is 264 g/mol. The van der Waals surface area contributed by atoms with E-state index in [9.17, 15) is 0 Å². The molecule has 0 saturated carbocycles. The Morgan fingerprint density at radius 3 is 2.71 bits per heavy atom. The molecule has 2 heterocycles. The Balaban J connectivity index is 2.13. The van der Waals surface area contributed by atoms with Gasteiger partial charge in [-0.25, -0.2) is 14.6 Å². The van der Waals surface area contributed by atoms with Gasteiger partial charge in [-0.3, -0.25) is 0 Å². The quantitative estimate of drug-likeness (QED) is 0.807. The molecule has 0 aliphatic rings. The summed E-state index contributed by atoms with van der Waals surface area (Å²) in [5, 5.41) is 7.90. The number of hydrogen-bond acceptors (Lipinski definition) is 4. The fraction of sp³-hybridized carbons (Fsp3) is 0.667. The van der Waals surface area contributed by atoms with Crippen molar-refractivity contribution >= 4 is 0 Å². The van der Waals surface area contributed by atoms with Crippen LogP contribution in [-0.4, -0.2) is 30.9 Å². The van der Waals surface area contributed by atoms with Gasteiger partial charge in [-0.05, 0) is 18.9 Å². The molecule has 2 rings (SSSR count). The van der Waals surface area contributed by atoms with E-state index in [-0.39, 0.29) is 6.04 Å². The minimum atomic E-state index is 0.182. The Morgan fingerprint density at radius 2 is 2.10 bits per heavy atom. The Kier molecular flexibility index (Phi) is 5.50. The van der Waals surface area contributed by atoms with Crippen LogP contribution in [0.3, 0.4) is 0 Å². The molecule has 6 nitrogen and oxygen atoms in total. The maximum atomic E-state index is 4.48. The second kappa shape index (κ2) is 7.36. The fourth-order valence-electron chi connectivity index (χ4n) is 2.34. The summed E-state index contributed by atoms with van der Waals surface area (Å²) >= 11 is 0. The highest BCUT2D eigenvalue weighted by Crippen LogP contribution is 2.16. The molecule has 1 atom stereocenters. The number of nitrogens with one attached hydrogen (secondary N) is 1. The molecule has 0 spiro atoms. The molecular formula is C15H26N6. The van der Waals surface area contributed by atoms with Crippen LogP contribution in [0.15, 0.2) is 18.9 Å². The standard InChI is InChI=1S/C15H26N6/c1-5-6-16-13(14-9-20(4)11-18-14)7-15-17-10-19-21(15)8-12(2)3/h9-13,16H,5-8H2,1-4H3. The zero-order valence-corrected chi connectivity index (χ0v) is 13.5. The van der Waals surface area contributed by atoms with Crippen molar-refractivity contribution in [3.05, 3.63) is 30.4 Å². The van der Waals surface area contributed by atoms with Gasteiger partial charge in [-0.2, -0.15) is 5.10 Å². The molecule has 116 valence electrons. The third-order valence-corrected chi connectivity index (χ3v) is 3.34. The average molecular weight is 290 g/mol. The van der Waals surface area contributed by atoms with Crippen LogP contribution in [0.2, 0.25) is 0 Å². The number of hydrogen-bond donors (Lipinski definition) is 1. The highest BCUT2D eigenvalue weighted by Gasteiger charge is 2.17. The van der Waals surface area contributed by atoms with Crippen LogP contribution >= 0.6 is 0 Å². The largest absolute Gasteiger partial charge is 0.340 e. The first kappa shape index (κ1) is 15.7. The fourth-order valence-corrected chi connectivity index (χ4v) is 2.34. The number of nitrogens with zero attached hydrogens (tertiary/aromatic N) is 5. The van der Waals surface area contributed by atoms with Crippen molar-refractivity contribution in [1.29, 1.82) is 0 Å². The van der Waals surface area contributed by atoms with Gasteiger partial charge in [0, 0.05) is 26.2 Å². The van der Waals surface area contributed by atoms with E-state index in [1.165, 1.54) is 0 Å². The van der Waals surface area contributed by atoms with E-state index in [0.29, 0.717) is 5.92 Å². The highest BCUT2D eigenvalue weighted by atomic mass is 15.3. The predicted octanol–water partition coefficient (Wildman–Crippen LogP) is 1.95. The lowest BCUT2D eigenvalue weighted by Crippen LogP contribution is -2.26. The second-order valence-electron chi connectivity index (χ2n) is 5.93. The maximum Gasteiger partial charge on any atom is 0.138 e. The number of aryl methyl sites for hydroxylation is 1. The van der Waals surface area contributed by atoms with Crippen molar-refractivity contribution in [3.63, 3.8) is 0 Å². The number of imidazole rings is 1. The van der Waals surface area contributed by atoms with Crippen molar-refractivity contribution in [2.75, 3.05) is 6.54 Å². The Bertz CT molecular complexity index is 542. The van der Waals surface area contributed by atoms with E-state index < -0.39 is 0 Å². The van der Waals surface area contributed by atoms with Gasteiger partial charge in [0.25, 0.3) is 0 Å². The van der Waals surface area contributed by atoms with Crippen molar-refractivity contribution in [1.82, 2.24) is 29.6 Å². The lowest BCUT2D eigenvalue weighted by atomic mass is 10.1. The molecule has 0 bridgehead atoms. The normalized spacial score (nSPS) is 13.0. The van der Waals surface area contributed by atoms with Crippen molar-refractivity contribution < 1.29 is 0 Å². The van der Waals surface area contributed by atoms with Crippen molar-refractivity contribution in [2.45, 2.75) is 46.2 Å². The first-order chi connectivity index (χ1) is 10.1. The van der Waals surface area contributed by atoms with Crippen LogP contribution in [-0.2, 0) is 20.0 Å². The van der Waals surface area contributed by atoms with Gasteiger partial charge in [0.15, 0.2) is 0 Å². The summed E-state index contributed by atoms with van der Waals surface area (Å²) in [5.41, 5.74) is 1.06. The zero-order valence-electron chi connectivity index (χ0n) is 13.5. The third-order valence-electron chi connectivity index (χ3n) is 3.34. The summed E-state index contributed by atoms with van der Waals surface area (Å²) in [6, 6.07) is 0.182. The summed E-state index contributed by atoms with van der Waals surface area (Å²) in [5.74, 6) is 1.57. The molecule has 1 N–H and O–H groups in total. The van der Waals surface area contributed by atoms with Crippen LogP contribution in [0.1, 0.15) is 44.8 Å². The SMILES string of the molecule is CCCNC(Cc1ncnn1CC(C)C)c1cn(C)cn1. The van der Waals surface area contributed by atoms with E-state index in [1.54, 1.807) is 6.33 Å². The lowest BCUT2D eigenvalue weighted by Gasteiger charge is -2.17. The van der Waals surface area contributed by atoms with Gasteiger partial charge in [-0.1, -0.05) is 20.8 Å². The Labute approximate surface area is 126 Å². The second-order valence-corrected chi connectivity index (χ2v) is 5.93. The molecule has 21 heavy (non-hydrogen) atoms. The molecule has 0 saturated heterocycles. The Hall–Kier alpha value is -1.69. The maximum absolute atomic E-state index is 4.48. The molecule has 0 amide bonds. The van der Waals surface area contributed by atoms with Crippen molar-refractivity contribution in [3.8, 4) is 0 Å². The molecule has 6 heteroatoms. The lowest BCUT2D eigenvalue weighted by molar-refractivity contribution is 0.441. The molecule has 0 aliphatic carbocycles. The van der Waals surface area contributed by atoms with E-state index in [1.807, 2.05) is 22.6 Å². The van der Waals surface area contributed by atoms with Crippen molar-refractivity contribution in [2.24, 2.45) is 13.0 Å². The summed E-state index contributed by atoms with van der Waals surface area (Å²) in [4.78, 5) is 8.91. The van der Waals surface area contributed by atoms with Crippen LogP contribution in [0.5, 0.6) is 0 Å². The summed E-state index contributed by atoms with van der Waals surface area (Å²) < 4.78 is 3.99. The van der Waals surface area contributed by atoms with E-state index in [0.717, 1.165) is 37.4 Å². The van der Waals surface area contributed by atoms with Gasteiger partial charge in [0.2, 0.25) is 0 Å². The first-order valence-electron chi connectivity index (χ1n) is 7.68. The topological polar surface area (TPSA) is 60.6 Å². The van der Waals surface area contributed by atoms with Crippen LogP contribution in [0.4, 0.5) is 0 Å². The van der Waals surface area contributed by atoms with Crippen LogP contribution in [0.25, 0.3) is 0 Å². The van der Waals surface area contributed by atoms with Crippen LogP contribution in [0, 0.1) is 5.92 Å². The van der Waals surface area contributed by atoms with Gasteiger partial charge in [0.1, 0.15) is 12.2 Å². The monoisotopic (exact) mass is 290 g/mol. The van der Waals surface area contributed by atoms with Gasteiger partial charge >= 0.3 is 0 Å². The molecule has 2 aromatic rings. The van der Waals surface area contributed by atoms with Gasteiger partial charge in [-0.15, -0.1) is 0 Å². The van der Waals surface area contributed by atoms with E-state index >= 15 is 0 Å². The predicted molar refractivity (Wildman–Crippen MR) is 82.8 cm³/mol. The average Bonchev–Trinajstić information content (AvgIpc) is 3.03.